The van der Waals surface area contributed by atoms with Crippen molar-refractivity contribution in [2.45, 2.75) is 58.7 Å². The SMILES string of the molecule is CCc1nc(-c2c3n(c(=O)n(CC(=O)NCc4ccccc4)c2=O)CCCCC3)no1. The minimum atomic E-state index is -0.559. The monoisotopic (exact) mass is 423 g/mol. The fourth-order valence-corrected chi connectivity index (χ4v) is 3.83. The molecule has 1 N–H and O–H groups in total. The minimum absolute atomic E-state index is 0.172. The molecule has 1 aromatic carbocycles. The lowest BCUT2D eigenvalue weighted by Crippen LogP contribution is -2.45. The number of carbonyl (C=O) groups is 1. The van der Waals surface area contributed by atoms with Crippen molar-refractivity contribution >= 4 is 5.91 Å². The predicted molar refractivity (Wildman–Crippen MR) is 113 cm³/mol. The fraction of sp³-hybridized carbons (Fsp3) is 0.409. The molecule has 162 valence electrons. The first-order valence-corrected chi connectivity index (χ1v) is 10.6. The van der Waals surface area contributed by atoms with Crippen molar-refractivity contribution in [3.8, 4) is 11.4 Å². The molecule has 9 heteroatoms. The summed E-state index contributed by atoms with van der Waals surface area (Å²) in [6.45, 7) is 2.32. The second-order valence-corrected chi connectivity index (χ2v) is 7.59. The van der Waals surface area contributed by atoms with Crippen LogP contribution >= 0.6 is 0 Å². The van der Waals surface area contributed by atoms with Gasteiger partial charge < -0.3 is 9.84 Å². The molecule has 9 nitrogen and oxygen atoms in total. The molecular formula is C22H25N5O4. The lowest BCUT2D eigenvalue weighted by Gasteiger charge is -2.16. The van der Waals surface area contributed by atoms with Gasteiger partial charge in [0.15, 0.2) is 0 Å². The van der Waals surface area contributed by atoms with E-state index < -0.39 is 17.2 Å². The van der Waals surface area contributed by atoms with Crippen LogP contribution in [-0.4, -0.2) is 25.2 Å². The van der Waals surface area contributed by atoms with Gasteiger partial charge in [0.1, 0.15) is 12.1 Å². The Morgan fingerprint density at radius 3 is 2.71 bits per heavy atom. The summed E-state index contributed by atoms with van der Waals surface area (Å²) in [5, 5.41) is 6.74. The lowest BCUT2D eigenvalue weighted by molar-refractivity contribution is -0.121. The highest BCUT2D eigenvalue weighted by atomic mass is 16.5. The van der Waals surface area contributed by atoms with Gasteiger partial charge >= 0.3 is 5.69 Å². The zero-order valence-corrected chi connectivity index (χ0v) is 17.5. The number of aromatic nitrogens is 4. The summed E-state index contributed by atoms with van der Waals surface area (Å²) < 4.78 is 7.78. The van der Waals surface area contributed by atoms with E-state index in [9.17, 15) is 14.4 Å². The standard InChI is InChI=1S/C22H25N5O4/c1-2-18-24-20(25-31-18)19-16-11-7-4-8-12-26(16)22(30)27(21(19)29)14-17(28)23-13-15-9-5-3-6-10-15/h3,5-6,9-10H,2,4,7-8,11-14H2,1H3,(H,23,28). The highest BCUT2D eigenvalue weighted by molar-refractivity contribution is 5.75. The maximum absolute atomic E-state index is 13.3. The Balaban J connectivity index is 1.71. The van der Waals surface area contributed by atoms with E-state index in [0.717, 1.165) is 29.4 Å². The zero-order chi connectivity index (χ0) is 21.8. The minimum Gasteiger partial charge on any atom is -0.350 e. The van der Waals surface area contributed by atoms with E-state index in [1.807, 2.05) is 37.3 Å². The molecule has 3 heterocycles. The molecule has 0 spiro atoms. The molecule has 31 heavy (non-hydrogen) atoms. The Hall–Kier alpha value is -3.49. The van der Waals surface area contributed by atoms with Crippen LogP contribution in [0.4, 0.5) is 0 Å². The fourth-order valence-electron chi connectivity index (χ4n) is 3.83. The zero-order valence-electron chi connectivity index (χ0n) is 17.5. The van der Waals surface area contributed by atoms with Crippen LogP contribution < -0.4 is 16.6 Å². The molecule has 4 rings (SSSR count). The maximum Gasteiger partial charge on any atom is 0.331 e. The van der Waals surface area contributed by atoms with E-state index in [4.69, 9.17) is 4.52 Å². The number of hydrogen-bond acceptors (Lipinski definition) is 6. The van der Waals surface area contributed by atoms with Crippen LogP contribution in [0.2, 0.25) is 0 Å². The van der Waals surface area contributed by atoms with Gasteiger partial charge in [0, 0.05) is 25.2 Å². The van der Waals surface area contributed by atoms with Crippen LogP contribution in [0.15, 0.2) is 44.4 Å². The molecule has 0 radical (unpaired) electrons. The molecule has 0 saturated heterocycles. The van der Waals surface area contributed by atoms with Gasteiger partial charge in [-0.05, 0) is 24.8 Å². The molecule has 0 fully saturated rings. The molecule has 1 aliphatic rings. The van der Waals surface area contributed by atoms with Gasteiger partial charge in [-0.2, -0.15) is 4.98 Å². The summed E-state index contributed by atoms with van der Waals surface area (Å²) in [6, 6.07) is 9.44. The first-order valence-electron chi connectivity index (χ1n) is 10.6. The smallest absolute Gasteiger partial charge is 0.331 e. The van der Waals surface area contributed by atoms with Crippen LogP contribution in [0.5, 0.6) is 0 Å². The van der Waals surface area contributed by atoms with E-state index >= 15 is 0 Å². The van der Waals surface area contributed by atoms with Crippen molar-refractivity contribution in [1.29, 1.82) is 0 Å². The number of carbonyl (C=O) groups excluding carboxylic acids is 1. The molecule has 1 aliphatic heterocycles. The maximum atomic E-state index is 13.3. The Morgan fingerprint density at radius 1 is 1.16 bits per heavy atom. The summed E-state index contributed by atoms with van der Waals surface area (Å²) >= 11 is 0. The summed E-state index contributed by atoms with van der Waals surface area (Å²) in [5.41, 5.74) is 0.773. The Morgan fingerprint density at radius 2 is 1.97 bits per heavy atom. The van der Waals surface area contributed by atoms with Crippen molar-refractivity contribution in [2.24, 2.45) is 0 Å². The third kappa shape index (κ3) is 4.35. The van der Waals surface area contributed by atoms with Gasteiger partial charge in [-0.1, -0.05) is 48.8 Å². The second-order valence-electron chi connectivity index (χ2n) is 7.59. The molecule has 2 aromatic heterocycles. The van der Waals surface area contributed by atoms with Crippen molar-refractivity contribution in [2.75, 3.05) is 0 Å². The highest BCUT2D eigenvalue weighted by Gasteiger charge is 2.25. The summed E-state index contributed by atoms with van der Waals surface area (Å²) in [7, 11) is 0. The van der Waals surface area contributed by atoms with Gasteiger partial charge in [-0.3, -0.25) is 18.7 Å². The largest absolute Gasteiger partial charge is 0.350 e. The predicted octanol–water partition coefficient (Wildman–Crippen LogP) is 1.67. The van der Waals surface area contributed by atoms with Crippen LogP contribution in [0.25, 0.3) is 11.4 Å². The molecule has 0 saturated carbocycles. The average Bonchev–Trinajstić information content (AvgIpc) is 3.12. The number of amides is 1. The topological polar surface area (TPSA) is 112 Å². The number of nitrogens with zero attached hydrogens (tertiary/aromatic N) is 4. The summed E-state index contributed by atoms with van der Waals surface area (Å²) in [5.74, 6) is 0.177. The molecule has 3 aromatic rings. The van der Waals surface area contributed by atoms with Crippen LogP contribution in [0, 0.1) is 0 Å². The highest BCUT2D eigenvalue weighted by Crippen LogP contribution is 2.21. The third-order valence-corrected chi connectivity index (χ3v) is 5.46. The second kappa shape index (κ2) is 9.11. The van der Waals surface area contributed by atoms with Gasteiger partial charge in [0.25, 0.3) is 5.56 Å². The van der Waals surface area contributed by atoms with Gasteiger partial charge in [-0.15, -0.1) is 0 Å². The van der Waals surface area contributed by atoms with Crippen LogP contribution in [0.3, 0.4) is 0 Å². The molecule has 0 aliphatic carbocycles. The summed E-state index contributed by atoms with van der Waals surface area (Å²) in [6.07, 6.45) is 3.77. The lowest BCUT2D eigenvalue weighted by atomic mass is 10.1. The van der Waals surface area contributed by atoms with E-state index in [-0.39, 0.29) is 17.9 Å². The molecule has 1 amide bonds. The number of nitrogens with one attached hydrogen (secondary N) is 1. The Bertz CT molecular complexity index is 1190. The van der Waals surface area contributed by atoms with E-state index in [1.165, 1.54) is 0 Å². The Kier molecular flexibility index (Phi) is 6.11. The van der Waals surface area contributed by atoms with Crippen LogP contribution in [-0.2, 0) is 37.3 Å². The van der Waals surface area contributed by atoms with Crippen molar-refractivity contribution < 1.29 is 9.32 Å². The summed E-state index contributed by atoms with van der Waals surface area (Å²) in [4.78, 5) is 43.3. The quantitative estimate of drug-likeness (QED) is 0.645. The third-order valence-electron chi connectivity index (χ3n) is 5.46. The first kappa shape index (κ1) is 20.8. The average molecular weight is 423 g/mol. The van der Waals surface area contributed by atoms with Crippen molar-refractivity contribution in [1.82, 2.24) is 24.6 Å². The normalized spacial score (nSPS) is 13.5. The molecule has 0 bridgehead atoms. The van der Waals surface area contributed by atoms with Gasteiger partial charge in [0.05, 0.1) is 0 Å². The van der Waals surface area contributed by atoms with E-state index in [2.05, 4.69) is 15.5 Å². The van der Waals surface area contributed by atoms with Crippen LogP contribution in [0.1, 0.15) is 43.3 Å². The van der Waals surface area contributed by atoms with Crippen molar-refractivity contribution in [3.63, 3.8) is 0 Å². The van der Waals surface area contributed by atoms with E-state index in [1.54, 1.807) is 4.57 Å². The first-order chi connectivity index (χ1) is 15.1. The molecular weight excluding hydrogens is 398 g/mol. The number of benzene rings is 1. The number of fused-ring (bicyclic) bond motifs is 1. The van der Waals surface area contributed by atoms with Gasteiger partial charge in [0.2, 0.25) is 17.6 Å². The molecule has 0 unspecified atom stereocenters. The number of rotatable bonds is 6. The number of hydrogen-bond donors (Lipinski definition) is 1. The van der Waals surface area contributed by atoms with E-state index in [0.29, 0.717) is 37.5 Å². The number of aryl methyl sites for hydroxylation is 1. The van der Waals surface area contributed by atoms with Crippen molar-refractivity contribution in [3.05, 3.63) is 68.3 Å². The molecule has 0 atom stereocenters. The Labute approximate surface area is 178 Å². The van der Waals surface area contributed by atoms with Gasteiger partial charge in [-0.25, -0.2) is 4.79 Å².